The van der Waals surface area contributed by atoms with Crippen LogP contribution < -0.4 is 0 Å². The third-order valence-corrected chi connectivity index (χ3v) is 5.11. The molecule has 2 aromatic rings. The molecule has 0 radical (unpaired) electrons. The molecular formula is C21H23F3O. The molecule has 1 nitrogen and oxygen atoms in total. The van der Waals surface area contributed by atoms with Crippen LogP contribution in [0.2, 0.25) is 0 Å². The van der Waals surface area contributed by atoms with Gasteiger partial charge in [0.25, 0.3) is 0 Å². The average molecular weight is 348 g/mol. The minimum Gasteiger partial charge on any atom is -0.378 e. The minimum atomic E-state index is -0.988. The van der Waals surface area contributed by atoms with E-state index in [9.17, 15) is 13.2 Å². The highest BCUT2D eigenvalue weighted by Crippen LogP contribution is 2.35. The molecule has 1 saturated heterocycles. The van der Waals surface area contributed by atoms with Gasteiger partial charge in [-0.1, -0.05) is 38.1 Å². The summed E-state index contributed by atoms with van der Waals surface area (Å²) >= 11 is 0. The van der Waals surface area contributed by atoms with Crippen molar-refractivity contribution in [2.75, 3.05) is 6.61 Å². The summed E-state index contributed by atoms with van der Waals surface area (Å²) in [7, 11) is 0. The van der Waals surface area contributed by atoms with Gasteiger partial charge in [-0.05, 0) is 42.9 Å². The van der Waals surface area contributed by atoms with Gasteiger partial charge in [-0.2, -0.15) is 0 Å². The fourth-order valence-electron chi connectivity index (χ4n) is 3.46. The maximum atomic E-state index is 14.6. The first kappa shape index (κ1) is 18.0. The zero-order valence-electron chi connectivity index (χ0n) is 14.6. The van der Waals surface area contributed by atoms with Crippen LogP contribution in [0, 0.1) is 17.5 Å². The Hall–Kier alpha value is -1.81. The van der Waals surface area contributed by atoms with Crippen molar-refractivity contribution in [2.24, 2.45) is 0 Å². The molecule has 2 atom stereocenters. The van der Waals surface area contributed by atoms with Gasteiger partial charge < -0.3 is 4.74 Å². The van der Waals surface area contributed by atoms with Gasteiger partial charge in [-0.15, -0.1) is 0 Å². The molecule has 1 heterocycles. The smallest absolute Gasteiger partial charge is 0.167 e. The SMILES string of the molecule is CCc1ccc(-c2ccc(C3CCC(CC)OC3)c(F)c2F)c(F)c1. The van der Waals surface area contributed by atoms with Crippen molar-refractivity contribution in [3.8, 4) is 11.1 Å². The first-order valence-corrected chi connectivity index (χ1v) is 8.93. The monoisotopic (exact) mass is 348 g/mol. The number of rotatable bonds is 4. The molecule has 0 aromatic heterocycles. The second-order valence-electron chi connectivity index (χ2n) is 6.64. The molecule has 4 heteroatoms. The van der Waals surface area contributed by atoms with Gasteiger partial charge in [0, 0.05) is 17.0 Å². The van der Waals surface area contributed by atoms with Crippen LogP contribution in [-0.2, 0) is 11.2 Å². The largest absolute Gasteiger partial charge is 0.378 e. The van der Waals surface area contributed by atoms with E-state index in [4.69, 9.17) is 4.74 Å². The van der Waals surface area contributed by atoms with Gasteiger partial charge >= 0.3 is 0 Å². The van der Waals surface area contributed by atoms with E-state index < -0.39 is 17.5 Å². The molecule has 0 N–H and O–H groups in total. The molecule has 25 heavy (non-hydrogen) atoms. The summed E-state index contributed by atoms with van der Waals surface area (Å²) in [5.41, 5.74) is 1.20. The Kier molecular flexibility index (Phi) is 5.48. The predicted molar refractivity (Wildman–Crippen MR) is 93.1 cm³/mol. The molecule has 0 aliphatic carbocycles. The van der Waals surface area contributed by atoms with Crippen LogP contribution in [0.4, 0.5) is 13.2 Å². The lowest BCUT2D eigenvalue weighted by molar-refractivity contribution is 0.00131. The zero-order chi connectivity index (χ0) is 18.0. The van der Waals surface area contributed by atoms with Gasteiger partial charge in [-0.3, -0.25) is 0 Å². The highest BCUT2D eigenvalue weighted by atomic mass is 19.2. The van der Waals surface area contributed by atoms with Crippen molar-refractivity contribution < 1.29 is 17.9 Å². The second-order valence-corrected chi connectivity index (χ2v) is 6.64. The molecule has 1 aliphatic heterocycles. The van der Waals surface area contributed by atoms with Gasteiger partial charge in [0.05, 0.1) is 12.7 Å². The van der Waals surface area contributed by atoms with Crippen molar-refractivity contribution in [1.82, 2.24) is 0 Å². The average Bonchev–Trinajstić information content (AvgIpc) is 2.64. The number of aryl methyl sites for hydroxylation is 1. The van der Waals surface area contributed by atoms with E-state index in [0.717, 1.165) is 24.8 Å². The van der Waals surface area contributed by atoms with Crippen LogP contribution in [0.5, 0.6) is 0 Å². The first-order valence-electron chi connectivity index (χ1n) is 8.93. The third kappa shape index (κ3) is 3.59. The van der Waals surface area contributed by atoms with Crippen molar-refractivity contribution in [1.29, 1.82) is 0 Å². The van der Waals surface area contributed by atoms with Gasteiger partial charge in [-0.25, -0.2) is 13.2 Å². The molecule has 2 unspecified atom stereocenters. The minimum absolute atomic E-state index is 0.0374. The fraction of sp³-hybridized carbons (Fsp3) is 0.429. The highest BCUT2D eigenvalue weighted by molar-refractivity contribution is 5.66. The summed E-state index contributed by atoms with van der Waals surface area (Å²) < 4.78 is 49.2. The quantitative estimate of drug-likeness (QED) is 0.658. The normalized spacial score (nSPS) is 20.7. The molecule has 0 amide bonds. The molecule has 2 aromatic carbocycles. The van der Waals surface area contributed by atoms with Crippen molar-refractivity contribution >= 4 is 0 Å². The van der Waals surface area contributed by atoms with E-state index >= 15 is 0 Å². The molecule has 3 rings (SSSR count). The van der Waals surface area contributed by atoms with E-state index in [1.165, 1.54) is 18.2 Å². The van der Waals surface area contributed by atoms with Crippen LogP contribution in [0.25, 0.3) is 11.1 Å². The van der Waals surface area contributed by atoms with Crippen molar-refractivity contribution in [2.45, 2.75) is 51.6 Å². The summed E-state index contributed by atoms with van der Waals surface area (Å²) in [6.07, 6.45) is 3.43. The van der Waals surface area contributed by atoms with Crippen LogP contribution >= 0.6 is 0 Å². The van der Waals surface area contributed by atoms with Crippen LogP contribution in [0.15, 0.2) is 30.3 Å². The standard InChI is InChI=1S/C21H23F3O/c1-3-13-5-8-17(19(22)11-13)18-10-9-16(20(23)21(18)24)14-6-7-15(4-2)25-12-14/h5,8-11,14-15H,3-4,6-7,12H2,1-2H3. The summed E-state index contributed by atoms with van der Waals surface area (Å²) in [5.74, 6) is -2.56. The summed E-state index contributed by atoms with van der Waals surface area (Å²) in [5, 5.41) is 0. The lowest BCUT2D eigenvalue weighted by Crippen LogP contribution is -2.24. The molecule has 0 spiro atoms. The van der Waals surface area contributed by atoms with E-state index in [1.807, 2.05) is 6.92 Å². The Morgan fingerprint density at radius 3 is 2.32 bits per heavy atom. The summed E-state index contributed by atoms with van der Waals surface area (Å²) in [6.45, 7) is 4.37. The van der Waals surface area contributed by atoms with E-state index in [0.29, 0.717) is 18.6 Å². The van der Waals surface area contributed by atoms with Crippen LogP contribution in [0.1, 0.15) is 50.2 Å². The lowest BCUT2D eigenvalue weighted by atomic mass is 9.89. The van der Waals surface area contributed by atoms with Crippen molar-refractivity contribution in [3.63, 3.8) is 0 Å². The Balaban J connectivity index is 1.91. The molecule has 134 valence electrons. The number of benzene rings is 2. The maximum Gasteiger partial charge on any atom is 0.167 e. The van der Waals surface area contributed by atoms with Gasteiger partial charge in [0.2, 0.25) is 0 Å². The van der Waals surface area contributed by atoms with Gasteiger partial charge in [0.15, 0.2) is 11.6 Å². The molecule has 1 fully saturated rings. The second kappa shape index (κ2) is 7.61. The Morgan fingerprint density at radius 1 is 0.960 bits per heavy atom. The number of ether oxygens (including phenoxy) is 1. The predicted octanol–water partition coefficient (Wildman–Crippen LogP) is 6.01. The number of hydrogen-bond donors (Lipinski definition) is 0. The fourth-order valence-corrected chi connectivity index (χ4v) is 3.46. The summed E-state index contributed by atoms with van der Waals surface area (Å²) in [4.78, 5) is 0. The van der Waals surface area contributed by atoms with Crippen LogP contribution in [0.3, 0.4) is 0 Å². The molecular weight excluding hydrogens is 325 g/mol. The topological polar surface area (TPSA) is 9.23 Å². The molecule has 1 aliphatic rings. The molecule has 0 saturated carbocycles. The molecule has 0 bridgehead atoms. The third-order valence-electron chi connectivity index (χ3n) is 5.11. The highest BCUT2D eigenvalue weighted by Gasteiger charge is 2.26. The Bertz CT molecular complexity index is 749. The maximum absolute atomic E-state index is 14.6. The van der Waals surface area contributed by atoms with E-state index in [-0.39, 0.29) is 23.1 Å². The number of halogens is 3. The Labute approximate surface area is 146 Å². The van der Waals surface area contributed by atoms with E-state index in [2.05, 4.69) is 6.92 Å². The van der Waals surface area contributed by atoms with Crippen molar-refractivity contribution in [3.05, 3.63) is 58.9 Å². The Morgan fingerprint density at radius 2 is 1.72 bits per heavy atom. The van der Waals surface area contributed by atoms with Gasteiger partial charge in [0.1, 0.15) is 5.82 Å². The zero-order valence-corrected chi connectivity index (χ0v) is 14.6. The van der Waals surface area contributed by atoms with Crippen LogP contribution in [-0.4, -0.2) is 12.7 Å². The summed E-state index contributed by atoms with van der Waals surface area (Å²) in [6, 6.07) is 7.68. The lowest BCUT2D eigenvalue weighted by Gasteiger charge is -2.29. The first-order chi connectivity index (χ1) is 12.0. The van der Waals surface area contributed by atoms with E-state index in [1.54, 1.807) is 12.1 Å². The number of hydrogen-bond acceptors (Lipinski definition) is 1.